The van der Waals surface area contributed by atoms with Gasteiger partial charge in [-0.05, 0) is 120 Å². The Hall–Kier alpha value is -8.10. The van der Waals surface area contributed by atoms with E-state index < -0.39 is 0 Å². The first kappa shape index (κ1) is 30.2. The van der Waals surface area contributed by atoms with Crippen molar-refractivity contribution in [3.8, 4) is 22.5 Å². The van der Waals surface area contributed by atoms with E-state index in [1.54, 1.807) is 0 Å². The van der Waals surface area contributed by atoms with Gasteiger partial charge in [-0.3, -0.25) is 17.9 Å². The molecule has 0 saturated heterocycles. The van der Waals surface area contributed by atoms with E-state index in [2.05, 4.69) is 176 Å². The average molecular weight is 745 g/mol. The Balaban J connectivity index is 0.927. The van der Waals surface area contributed by atoms with Gasteiger partial charge in [0, 0.05) is 21.5 Å². The minimum absolute atomic E-state index is 0.845. The van der Waals surface area contributed by atoms with Crippen LogP contribution in [0, 0.1) is 0 Å². The number of hydrogen-bond donors (Lipinski definition) is 0. The minimum Gasteiger partial charge on any atom is -0.456 e. The topological polar surface area (TPSA) is 70.7 Å². The molecule has 8 aromatic carbocycles. The molecule has 0 fully saturated rings. The quantitative estimate of drug-likeness (QED) is 0.181. The monoisotopic (exact) mass is 744 g/mol. The number of fused-ring (bicyclic) bond motifs is 16. The lowest BCUT2D eigenvalue weighted by molar-refractivity contribution is 0.668. The average Bonchev–Trinajstić information content (AvgIpc) is 4.11. The van der Waals surface area contributed by atoms with Crippen LogP contribution in [0.3, 0.4) is 0 Å². The van der Waals surface area contributed by atoms with Crippen molar-refractivity contribution in [1.29, 1.82) is 0 Å². The largest absolute Gasteiger partial charge is 0.456 e. The molecule has 0 spiro atoms. The van der Waals surface area contributed by atoms with Crippen molar-refractivity contribution in [2.45, 2.75) is 0 Å². The van der Waals surface area contributed by atoms with Gasteiger partial charge < -0.3 is 8.83 Å². The van der Waals surface area contributed by atoms with Crippen LogP contribution in [0.5, 0.6) is 0 Å². The van der Waals surface area contributed by atoms with Crippen LogP contribution in [-0.2, 0) is 0 Å². The van der Waals surface area contributed by atoms with Crippen molar-refractivity contribution in [2.24, 2.45) is 0 Å². The van der Waals surface area contributed by atoms with Crippen LogP contribution in [-0.4, -0.2) is 27.9 Å². The lowest BCUT2D eigenvalue weighted by Gasteiger charge is -2.06. The maximum absolute atomic E-state index is 6.43. The summed E-state index contributed by atoms with van der Waals surface area (Å²) in [5, 5.41) is 4.23. The van der Waals surface area contributed by atoms with Crippen LogP contribution in [0.1, 0.15) is 0 Å². The smallest absolute Gasteiger partial charge is 0.220 e. The van der Waals surface area contributed by atoms with Crippen molar-refractivity contribution in [3.05, 3.63) is 170 Å². The van der Waals surface area contributed by atoms with Crippen LogP contribution in [0.15, 0.2) is 179 Å². The Morgan fingerprint density at radius 1 is 0.328 bits per heavy atom. The van der Waals surface area contributed by atoms with E-state index in [1.165, 1.54) is 0 Å². The number of imidazole rings is 4. The Morgan fingerprint density at radius 3 is 1.14 bits per heavy atom. The Morgan fingerprint density at radius 2 is 0.690 bits per heavy atom. The summed E-state index contributed by atoms with van der Waals surface area (Å²) in [4.78, 5) is 10.2. The van der Waals surface area contributed by atoms with Crippen LogP contribution in [0.25, 0.3) is 122 Å². The third-order valence-electron chi connectivity index (χ3n) is 12.0. The molecule has 270 valence electrons. The molecule has 0 aliphatic rings. The first-order chi connectivity index (χ1) is 28.7. The molecule has 0 atom stereocenters. The molecule has 8 heteroatoms. The number of nitrogens with zero attached hydrogens (tertiary/aromatic N) is 6. The summed E-state index contributed by atoms with van der Waals surface area (Å²) in [6.07, 6.45) is 0. The fourth-order valence-corrected chi connectivity index (χ4v) is 9.38. The van der Waals surface area contributed by atoms with Gasteiger partial charge in [-0.25, -0.2) is 9.97 Å². The maximum Gasteiger partial charge on any atom is 0.220 e. The van der Waals surface area contributed by atoms with E-state index in [4.69, 9.17) is 18.8 Å². The summed E-state index contributed by atoms with van der Waals surface area (Å²) in [6.45, 7) is 0. The van der Waals surface area contributed by atoms with Gasteiger partial charge in [0.1, 0.15) is 22.3 Å². The zero-order valence-corrected chi connectivity index (χ0v) is 30.7. The second-order valence-electron chi connectivity index (χ2n) is 15.1. The molecule has 0 radical (unpaired) electrons. The zero-order valence-electron chi connectivity index (χ0n) is 30.7. The maximum atomic E-state index is 6.43. The summed E-state index contributed by atoms with van der Waals surface area (Å²) in [6, 6.07) is 59.4. The van der Waals surface area contributed by atoms with Crippen molar-refractivity contribution >= 4 is 99.6 Å². The molecule has 0 aliphatic carbocycles. The highest BCUT2D eigenvalue weighted by Gasteiger charge is 2.20. The van der Waals surface area contributed by atoms with Crippen LogP contribution in [0.2, 0.25) is 0 Å². The SMILES string of the molecule is c1ccc2c(c1)nc1n(-c3ccc4oc5ccc(-c6ccc7oc8ccc(-n9c%10ccccc%10n%10c%11ccccc%11nc9%10)cc8c7c6)cc5c4c3)c3ccccc3n21. The second-order valence-corrected chi connectivity index (χ2v) is 15.1. The van der Waals surface area contributed by atoms with Crippen LogP contribution < -0.4 is 0 Å². The number of furan rings is 2. The predicted octanol–water partition coefficient (Wildman–Crippen LogP) is 12.6. The molecule has 14 rings (SSSR count). The fourth-order valence-electron chi connectivity index (χ4n) is 9.38. The molecule has 0 unspecified atom stereocenters. The summed E-state index contributed by atoms with van der Waals surface area (Å²) < 4.78 is 21.9. The molecule has 8 nitrogen and oxygen atoms in total. The first-order valence-corrected chi connectivity index (χ1v) is 19.4. The van der Waals surface area contributed by atoms with Crippen LogP contribution in [0.4, 0.5) is 0 Å². The standard InChI is InChI=1S/C50H28N6O2/c1-3-11-39-37(9-1)51-49-53(41-13-5-7-15-43(41)55(39)49)31-19-23-47-35(27-31)33-25-29(17-21-45(33)57-47)30-18-22-46-34(26-30)36-28-32(20-24-48(36)58-46)54-42-14-6-8-16-44(42)56-40-12-4-2-10-38(40)52-50(54)56/h1-28H. The summed E-state index contributed by atoms with van der Waals surface area (Å²) >= 11 is 0. The number of aromatic nitrogens is 6. The molecule has 6 aromatic heterocycles. The Bertz CT molecular complexity index is 3790. The molecule has 58 heavy (non-hydrogen) atoms. The zero-order chi connectivity index (χ0) is 37.6. The van der Waals surface area contributed by atoms with Gasteiger partial charge in [-0.2, -0.15) is 0 Å². The molecule has 0 saturated carbocycles. The van der Waals surface area contributed by atoms with E-state index in [0.29, 0.717) is 0 Å². The predicted molar refractivity (Wildman–Crippen MR) is 233 cm³/mol. The number of hydrogen-bond acceptors (Lipinski definition) is 4. The fraction of sp³-hybridized carbons (Fsp3) is 0. The third kappa shape index (κ3) is 3.92. The normalized spacial score (nSPS) is 12.5. The van der Waals surface area contributed by atoms with Crippen molar-refractivity contribution in [1.82, 2.24) is 27.9 Å². The van der Waals surface area contributed by atoms with Crippen molar-refractivity contribution in [2.75, 3.05) is 0 Å². The van der Waals surface area contributed by atoms with Gasteiger partial charge in [-0.15, -0.1) is 0 Å². The van der Waals surface area contributed by atoms with Gasteiger partial charge in [0.25, 0.3) is 0 Å². The van der Waals surface area contributed by atoms with Crippen LogP contribution >= 0.6 is 0 Å². The Kier molecular flexibility index (Phi) is 5.62. The highest BCUT2D eigenvalue weighted by molar-refractivity contribution is 6.10. The molecule has 14 aromatic rings. The molecular formula is C50H28N6O2. The molecule has 0 bridgehead atoms. The number of benzene rings is 8. The molecule has 0 amide bonds. The Labute approximate surface area is 327 Å². The van der Waals surface area contributed by atoms with E-state index in [-0.39, 0.29) is 0 Å². The first-order valence-electron chi connectivity index (χ1n) is 19.4. The van der Waals surface area contributed by atoms with Crippen molar-refractivity contribution in [3.63, 3.8) is 0 Å². The van der Waals surface area contributed by atoms with Gasteiger partial charge in [-0.1, -0.05) is 60.7 Å². The summed E-state index contributed by atoms with van der Waals surface area (Å²) in [5.41, 5.74) is 16.2. The van der Waals surface area contributed by atoms with Crippen molar-refractivity contribution < 1.29 is 8.83 Å². The second kappa shape index (κ2) is 10.8. The van der Waals surface area contributed by atoms with E-state index in [1.807, 2.05) is 12.1 Å². The summed E-state index contributed by atoms with van der Waals surface area (Å²) in [5.74, 6) is 1.76. The van der Waals surface area contributed by atoms with E-state index in [0.717, 1.165) is 122 Å². The van der Waals surface area contributed by atoms with Gasteiger partial charge in [0.2, 0.25) is 11.6 Å². The number of rotatable bonds is 3. The highest BCUT2D eigenvalue weighted by Crippen LogP contribution is 2.39. The molecule has 0 aliphatic heterocycles. The van der Waals surface area contributed by atoms with E-state index in [9.17, 15) is 0 Å². The molecule has 0 N–H and O–H groups in total. The molecule has 6 heterocycles. The third-order valence-corrected chi connectivity index (χ3v) is 12.0. The van der Waals surface area contributed by atoms with Gasteiger partial charge in [0.05, 0.1) is 55.5 Å². The minimum atomic E-state index is 0.845. The highest BCUT2D eigenvalue weighted by atomic mass is 16.3. The van der Waals surface area contributed by atoms with Gasteiger partial charge in [0.15, 0.2) is 0 Å². The molecular weight excluding hydrogens is 717 g/mol. The lowest BCUT2D eigenvalue weighted by Crippen LogP contribution is -1.94. The lowest BCUT2D eigenvalue weighted by atomic mass is 10.0. The number of para-hydroxylation sites is 8. The van der Waals surface area contributed by atoms with E-state index >= 15 is 0 Å². The van der Waals surface area contributed by atoms with Gasteiger partial charge >= 0.3 is 0 Å². The summed E-state index contributed by atoms with van der Waals surface area (Å²) in [7, 11) is 0.